The van der Waals surface area contributed by atoms with Crippen LogP contribution < -0.4 is 26.8 Å². The Labute approximate surface area is 255 Å². The minimum absolute atomic E-state index is 0.0682. The van der Waals surface area contributed by atoms with E-state index in [0.29, 0.717) is 33.6 Å². The normalized spacial score (nSPS) is 13.4. The average molecular weight is 613 g/mol. The van der Waals surface area contributed by atoms with Crippen molar-refractivity contribution in [2.75, 3.05) is 29.2 Å². The third kappa shape index (κ3) is 5.24. The van der Waals surface area contributed by atoms with E-state index in [0.717, 1.165) is 61.1 Å². The van der Waals surface area contributed by atoms with Crippen molar-refractivity contribution in [3.8, 4) is 11.5 Å². The predicted octanol–water partition coefficient (Wildman–Crippen LogP) is 5.54. The Morgan fingerprint density at radius 3 is 1.78 bits per heavy atom. The number of benzene rings is 2. The first-order valence-corrected chi connectivity index (χ1v) is 14.5. The largest absolute Gasteiger partial charge is 0.508 e. The maximum atomic E-state index is 14.3. The van der Waals surface area contributed by atoms with Gasteiger partial charge in [0.15, 0.2) is 34.6 Å². The van der Waals surface area contributed by atoms with Gasteiger partial charge in [0, 0.05) is 23.5 Å². The summed E-state index contributed by atoms with van der Waals surface area (Å²) in [5.74, 6) is 0.708. The van der Waals surface area contributed by atoms with Crippen molar-refractivity contribution in [1.82, 2.24) is 30.4 Å². The molecule has 0 saturated heterocycles. The number of anilines is 6. The summed E-state index contributed by atoms with van der Waals surface area (Å²) in [6, 6.07) is 9.89. The molecule has 0 aliphatic heterocycles. The minimum Gasteiger partial charge on any atom is -0.508 e. The SMILES string of the molecule is COc1cc2c(c(Nc3nc4n[nH]c(N)c4cc3F)c1)CCC2.Nc1[nH]nc2nc(Nc3cc(O)cc4c3CCC4)c(F)cc12. The molecule has 0 amide bonds. The molecule has 6 aromatic rings. The number of nitrogen functional groups attached to an aromatic ring is 2. The molecule has 2 aliphatic rings. The molecule has 2 aliphatic carbocycles. The molecular formula is C31H30F2N10O2. The van der Waals surface area contributed by atoms with Crippen molar-refractivity contribution < 1.29 is 18.6 Å². The maximum Gasteiger partial charge on any atom is 0.185 e. The molecule has 0 spiro atoms. The van der Waals surface area contributed by atoms with Gasteiger partial charge in [-0.3, -0.25) is 10.2 Å². The van der Waals surface area contributed by atoms with Gasteiger partial charge in [-0.1, -0.05) is 0 Å². The zero-order valence-corrected chi connectivity index (χ0v) is 24.3. The second-order valence-corrected chi connectivity index (χ2v) is 11.1. The molecule has 0 bridgehead atoms. The summed E-state index contributed by atoms with van der Waals surface area (Å²) in [6.07, 6.45) is 5.90. The first kappa shape index (κ1) is 28.1. The lowest BCUT2D eigenvalue weighted by Crippen LogP contribution is -2.01. The van der Waals surface area contributed by atoms with E-state index in [1.165, 1.54) is 23.3 Å². The first-order valence-electron chi connectivity index (χ1n) is 14.5. The van der Waals surface area contributed by atoms with Gasteiger partial charge in [-0.2, -0.15) is 10.2 Å². The van der Waals surface area contributed by atoms with Gasteiger partial charge in [0.05, 0.1) is 17.9 Å². The summed E-state index contributed by atoms with van der Waals surface area (Å²) in [7, 11) is 1.62. The van der Waals surface area contributed by atoms with Gasteiger partial charge in [0.1, 0.15) is 23.1 Å². The molecule has 0 atom stereocenters. The smallest absolute Gasteiger partial charge is 0.185 e. The number of ether oxygens (including phenoxy) is 1. The molecule has 0 unspecified atom stereocenters. The van der Waals surface area contributed by atoms with E-state index in [2.05, 4.69) is 41.0 Å². The molecule has 230 valence electrons. The summed E-state index contributed by atoms with van der Waals surface area (Å²) < 4.78 is 33.9. The zero-order chi connectivity index (χ0) is 31.2. The van der Waals surface area contributed by atoms with Crippen LogP contribution in [0.4, 0.5) is 43.4 Å². The number of phenolic OH excluding ortho intramolecular Hbond substituents is 1. The van der Waals surface area contributed by atoms with Crippen LogP contribution in [0.3, 0.4) is 0 Å². The molecule has 14 heteroatoms. The van der Waals surface area contributed by atoms with Crippen LogP contribution in [0, 0.1) is 11.6 Å². The lowest BCUT2D eigenvalue weighted by atomic mass is 10.1. The number of hydrogen-bond acceptors (Lipinski definition) is 10. The van der Waals surface area contributed by atoms with Crippen LogP contribution in [0.2, 0.25) is 0 Å². The Morgan fingerprint density at radius 2 is 1.24 bits per heavy atom. The quantitative estimate of drug-likeness (QED) is 0.130. The Kier molecular flexibility index (Phi) is 6.95. The van der Waals surface area contributed by atoms with E-state index in [4.69, 9.17) is 16.2 Å². The number of halogens is 2. The number of nitrogens with two attached hydrogens (primary N) is 2. The van der Waals surface area contributed by atoms with E-state index in [-0.39, 0.29) is 23.2 Å². The van der Waals surface area contributed by atoms with Crippen LogP contribution in [0.25, 0.3) is 22.1 Å². The number of aryl methyl sites for hydroxylation is 2. The van der Waals surface area contributed by atoms with E-state index >= 15 is 0 Å². The van der Waals surface area contributed by atoms with Crippen molar-refractivity contribution in [2.24, 2.45) is 0 Å². The number of fused-ring (bicyclic) bond motifs is 4. The van der Waals surface area contributed by atoms with E-state index in [1.54, 1.807) is 19.2 Å². The van der Waals surface area contributed by atoms with Gasteiger partial charge >= 0.3 is 0 Å². The van der Waals surface area contributed by atoms with Crippen molar-refractivity contribution in [3.63, 3.8) is 0 Å². The van der Waals surface area contributed by atoms with Gasteiger partial charge in [0.2, 0.25) is 0 Å². The van der Waals surface area contributed by atoms with Crippen LogP contribution in [0.1, 0.15) is 35.1 Å². The summed E-state index contributed by atoms with van der Waals surface area (Å²) in [4.78, 5) is 8.38. The summed E-state index contributed by atoms with van der Waals surface area (Å²) >= 11 is 0. The number of hydrogen-bond donors (Lipinski definition) is 7. The number of methoxy groups -OCH3 is 1. The molecule has 8 rings (SSSR count). The van der Waals surface area contributed by atoms with E-state index in [1.807, 2.05) is 12.1 Å². The highest BCUT2D eigenvalue weighted by Gasteiger charge is 2.20. The maximum absolute atomic E-state index is 14.3. The standard InChI is InChI=1S/C16H16FN5O.C15H14FN5O/c1-23-9-5-8-3-2-4-10(8)13(6-9)19-16-12(17)7-11-14(18)21-22-15(11)20-16;16-11-6-10-13(17)20-21-14(10)19-15(11)18-12-5-8(22)4-7-2-1-3-9(7)12/h5-7H,2-4H2,1H3,(H4,18,19,20,21,22);4-6,22H,1-3H2,(H4,17,18,19,20,21). The number of pyridine rings is 2. The fraction of sp³-hybridized carbons (Fsp3) is 0.226. The monoisotopic (exact) mass is 612 g/mol. The molecule has 45 heavy (non-hydrogen) atoms. The van der Waals surface area contributed by atoms with E-state index in [9.17, 15) is 13.9 Å². The van der Waals surface area contributed by atoms with Crippen molar-refractivity contribution in [2.45, 2.75) is 38.5 Å². The number of nitrogens with zero attached hydrogens (tertiary/aromatic N) is 4. The Hall–Kier alpha value is -5.66. The van der Waals surface area contributed by atoms with Crippen LogP contribution in [-0.2, 0) is 25.7 Å². The molecule has 0 radical (unpaired) electrons. The topological polar surface area (TPSA) is 189 Å². The summed E-state index contributed by atoms with van der Waals surface area (Å²) in [5.41, 5.74) is 18.2. The highest BCUT2D eigenvalue weighted by molar-refractivity contribution is 5.88. The Bertz CT molecular complexity index is 2090. The fourth-order valence-electron chi connectivity index (χ4n) is 6.01. The lowest BCUT2D eigenvalue weighted by molar-refractivity contribution is 0.414. The Balaban J connectivity index is 0.000000145. The fourth-order valence-corrected chi connectivity index (χ4v) is 6.01. The molecule has 9 N–H and O–H groups in total. The van der Waals surface area contributed by atoms with Gasteiger partial charge in [-0.25, -0.2) is 18.7 Å². The number of H-pyrrole nitrogens is 2. The molecule has 4 aromatic heterocycles. The minimum atomic E-state index is -0.518. The highest BCUT2D eigenvalue weighted by atomic mass is 19.1. The van der Waals surface area contributed by atoms with Crippen LogP contribution in [0.5, 0.6) is 11.5 Å². The molecule has 12 nitrogen and oxygen atoms in total. The molecule has 4 heterocycles. The predicted molar refractivity (Wildman–Crippen MR) is 168 cm³/mol. The van der Waals surface area contributed by atoms with Crippen LogP contribution >= 0.6 is 0 Å². The first-order chi connectivity index (χ1) is 21.8. The van der Waals surface area contributed by atoms with E-state index < -0.39 is 11.6 Å². The number of phenols is 1. The van der Waals surface area contributed by atoms with Crippen molar-refractivity contribution in [1.29, 1.82) is 0 Å². The van der Waals surface area contributed by atoms with Crippen molar-refractivity contribution in [3.05, 3.63) is 70.3 Å². The van der Waals surface area contributed by atoms with Gasteiger partial charge < -0.3 is 31.9 Å². The number of aromatic amines is 2. The molecule has 0 saturated carbocycles. The highest BCUT2D eigenvalue weighted by Crippen LogP contribution is 2.37. The summed E-state index contributed by atoms with van der Waals surface area (Å²) in [5, 5.41) is 29.9. The van der Waals surface area contributed by atoms with Gasteiger partial charge in [-0.05, 0) is 85.0 Å². The van der Waals surface area contributed by atoms with Crippen LogP contribution in [0.15, 0.2) is 36.4 Å². The zero-order valence-electron chi connectivity index (χ0n) is 24.3. The molecular weight excluding hydrogens is 582 g/mol. The average Bonchev–Trinajstić information content (AvgIpc) is 3.83. The second kappa shape index (κ2) is 11.1. The van der Waals surface area contributed by atoms with Gasteiger partial charge in [-0.15, -0.1) is 0 Å². The number of aromatic hydroxyl groups is 1. The third-order valence-electron chi connectivity index (χ3n) is 8.19. The van der Waals surface area contributed by atoms with Crippen LogP contribution in [-0.4, -0.2) is 42.6 Å². The number of aromatic nitrogens is 6. The Morgan fingerprint density at radius 1 is 0.733 bits per heavy atom. The number of rotatable bonds is 5. The second-order valence-electron chi connectivity index (χ2n) is 11.1. The number of nitrogens with one attached hydrogen (secondary N) is 4. The van der Waals surface area contributed by atoms with Crippen molar-refractivity contribution >= 4 is 56.7 Å². The third-order valence-corrected chi connectivity index (χ3v) is 8.19. The molecule has 2 aromatic carbocycles. The van der Waals surface area contributed by atoms with Gasteiger partial charge in [0.25, 0.3) is 0 Å². The molecule has 0 fully saturated rings. The summed E-state index contributed by atoms with van der Waals surface area (Å²) in [6.45, 7) is 0. The lowest BCUT2D eigenvalue weighted by Gasteiger charge is -2.13.